The van der Waals surface area contributed by atoms with E-state index in [-0.39, 0.29) is 192 Å². The number of hydrogen-bond acceptors (Lipinski definition) is 37. The van der Waals surface area contributed by atoms with Crippen molar-refractivity contribution in [2.45, 2.75) is 150 Å². The number of rotatable bonds is 62. The van der Waals surface area contributed by atoms with E-state index in [2.05, 4.69) is 42.5 Å². The Kier molecular flexibility index (Phi) is 50.9. The molecule has 0 radical (unpaired) electrons. The summed E-state index contributed by atoms with van der Waals surface area (Å²) in [6.07, 6.45) is -14.9. The molecule has 18 N–H and O–H groups in total. The second kappa shape index (κ2) is 57.8. The molecule has 658 valence electrons. The number of amides is 8. The van der Waals surface area contributed by atoms with Gasteiger partial charge < -0.3 is 165 Å². The Morgan fingerprint density at radius 1 is 0.383 bits per heavy atom. The van der Waals surface area contributed by atoms with Gasteiger partial charge in [0.25, 0.3) is 0 Å². The molecule has 0 bridgehead atoms. The summed E-state index contributed by atoms with van der Waals surface area (Å²) in [6, 6.07) is -3.39. The first-order valence-electron chi connectivity index (χ1n) is 37.2. The minimum Gasteiger partial charge on any atom is -0.481 e. The van der Waals surface area contributed by atoms with Gasteiger partial charge in [-0.3, -0.25) is 52.7 Å². The van der Waals surface area contributed by atoms with Gasteiger partial charge in [0.05, 0.1) is 181 Å². The van der Waals surface area contributed by atoms with Gasteiger partial charge in [-0.1, -0.05) is 0 Å². The number of carboxylic acids is 1. The van der Waals surface area contributed by atoms with E-state index in [0.717, 1.165) is 35.7 Å². The molecule has 4 aliphatic rings. The zero-order chi connectivity index (χ0) is 84.5. The minimum atomic E-state index is -1.65. The van der Waals surface area contributed by atoms with E-state index in [4.69, 9.17) is 76.2 Å². The van der Waals surface area contributed by atoms with Gasteiger partial charge in [-0.2, -0.15) is 0 Å². The van der Waals surface area contributed by atoms with E-state index in [1.165, 1.54) is 20.8 Å². The second-order valence-corrected chi connectivity index (χ2v) is 28.3. The van der Waals surface area contributed by atoms with Crippen LogP contribution in [0.25, 0.3) is 0 Å². The number of thioether (sulfide) groups is 2. The Morgan fingerprint density at radius 2 is 0.678 bits per heavy atom. The van der Waals surface area contributed by atoms with Gasteiger partial charge >= 0.3 is 5.97 Å². The summed E-state index contributed by atoms with van der Waals surface area (Å²) >= 11 is 1.85. The maximum Gasteiger partial charge on any atom is 0.304 e. The van der Waals surface area contributed by atoms with Crippen molar-refractivity contribution in [3.8, 4) is 0 Å². The third kappa shape index (κ3) is 40.4. The molecule has 1 unspecified atom stereocenters. The third-order valence-corrected chi connectivity index (χ3v) is 18.8. The summed E-state index contributed by atoms with van der Waals surface area (Å²) in [5.41, 5.74) is -1.65. The lowest BCUT2D eigenvalue weighted by Crippen LogP contribution is -2.64. The van der Waals surface area contributed by atoms with Crippen molar-refractivity contribution < 1.29 is 175 Å². The molecule has 3 saturated heterocycles. The molecule has 3 aliphatic heterocycles. The first-order valence-corrected chi connectivity index (χ1v) is 39.2. The molecule has 8 amide bonds. The van der Waals surface area contributed by atoms with E-state index in [9.17, 15) is 98.7 Å². The number of ketones is 2. The smallest absolute Gasteiger partial charge is 0.304 e. The Bertz CT molecular complexity index is 2810. The molecule has 0 saturated carbocycles. The number of carbonyl (C=O) groups excluding carboxylic acids is 10. The number of hydrogen-bond donors (Lipinski definition) is 18. The van der Waals surface area contributed by atoms with Gasteiger partial charge in [-0.15, -0.1) is 23.5 Å². The fraction of sp³-hybridized carbons (Fsp3) is 0.783. The van der Waals surface area contributed by atoms with Crippen LogP contribution in [0.2, 0.25) is 0 Å². The van der Waals surface area contributed by atoms with E-state index in [1.807, 2.05) is 0 Å². The van der Waals surface area contributed by atoms with Crippen LogP contribution < -0.4 is 42.5 Å². The van der Waals surface area contributed by atoms with Gasteiger partial charge in [0.1, 0.15) is 78.6 Å². The molecule has 15 atom stereocenters. The highest BCUT2D eigenvalue weighted by atomic mass is 32.2. The van der Waals surface area contributed by atoms with Crippen LogP contribution >= 0.6 is 23.5 Å². The summed E-state index contributed by atoms with van der Waals surface area (Å²) in [5, 5.41) is 120. The highest BCUT2D eigenvalue weighted by molar-refractivity contribution is 8.04. The monoisotopic (exact) mass is 1690 g/mol. The maximum atomic E-state index is 13.9. The van der Waals surface area contributed by atoms with Crippen LogP contribution in [0.1, 0.15) is 52.9 Å². The highest BCUT2D eigenvalue weighted by Gasteiger charge is 2.48. The van der Waals surface area contributed by atoms with E-state index in [1.54, 1.807) is 0 Å². The van der Waals surface area contributed by atoms with Crippen molar-refractivity contribution in [1.82, 2.24) is 42.5 Å². The highest BCUT2D eigenvalue weighted by Crippen LogP contribution is 2.30. The van der Waals surface area contributed by atoms with E-state index >= 15 is 0 Å². The molecule has 0 aromatic carbocycles. The van der Waals surface area contributed by atoms with Gasteiger partial charge in [0.15, 0.2) is 30.4 Å². The first-order chi connectivity index (χ1) is 55.1. The van der Waals surface area contributed by atoms with Crippen LogP contribution in [-0.4, -0.2) is 410 Å². The number of allylic oxidation sites excluding steroid dienone is 4. The topological polar surface area (TPSA) is 625 Å². The first kappa shape index (κ1) is 101. The molecule has 0 aromatic rings. The Morgan fingerprint density at radius 3 is 0.983 bits per heavy atom. The molecular weight excluding hydrogens is 1580 g/mol. The summed E-state index contributed by atoms with van der Waals surface area (Å²) < 4.78 is 84.6. The molecule has 44 nitrogen and oxygen atoms in total. The predicted molar refractivity (Wildman–Crippen MR) is 396 cm³/mol. The molecule has 1 aliphatic carbocycles. The number of aliphatic hydroxyl groups excluding tert-OH is 9. The molecule has 4 rings (SSSR count). The number of carboxylic acid groups (broad SMARTS) is 1. The largest absolute Gasteiger partial charge is 0.481 e. The van der Waals surface area contributed by atoms with Crippen LogP contribution in [0.4, 0.5) is 0 Å². The predicted octanol–water partition coefficient (Wildman–Crippen LogP) is -9.24. The van der Waals surface area contributed by atoms with Gasteiger partial charge in [0.2, 0.25) is 47.3 Å². The second-order valence-electron chi connectivity index (χ2n) is 26.0. The third-order valence-electron chi connectivity index (χ3n) is 16.7. The summed E-state index contributed by atoms with van der Waals surface area (Å²) in [7, 11) is 0. The summed E-state index contributed by atoms with van der Waals surface area (Å²) in [4.78, 5) is 138. The van der Waals surface area contributed by atoms with Gasteiger partial charge in [-0.25, -0.2) is 0 Å². The zero-order valence-electron chi connectivity index (χ0n) is 64.5. The minimum absolute atomic E-state index is 0.00679. The Balaban J connectivity index is 1.32. The van der Waals surface area contributed by atoms with Crippen LogP contribution in [0.3, 0.4) is 0 Å². The summed E-state index contributed by atoms with van der Waals surface area (Å²) in [6.45, 7) is 0.0453. The maximum absolute atomic E-state index is 13.9. The Labute approximate surface area is 671 Å². The van der Waals surface area contributed by atoms with Crippen LogP contribution in [0, 0.1) is 0 Å². The molecular formula is C69H114N8O36S2. The summed E-state index contributed by atoms with van der Waals surface area (Å²) in [5.74, 6) is -6.38. The lowest BCUT2D eigenvalue weighted by Gasteiger charge is -2.42. The fourth-order valence-electron chi connectivity index (χ4n) is 10.9. The average molecular weight is 1700 g/mol. The van der Waals surface area contributed by atoms with Crippen LogP contribution in [0.15, 0.2) is 22.0 Å². The molecule has 0 spiro atoms. The van der Waals surface area contributed by atoms with Crippen molar-refractivity contribution in [3.05, 3.63) is 22.0 Å². The average Bonchev–Trinajstić information content (AvgIpc) is 0.822. The molecule has 46 heteroatoms. The number of carbonyl (C=O) groups is 11. The van der Waals surface area contributed by atoms with Crippen molar-refractivity contribution in [2.24, 2.45) is 0 Å². The SMILES string of the molecule is CC(=O)N[C@H]1[C@H](OCCOCCOCCNC(=O)CCOCC(COCCC(=O)NCCOCCOCCOC2O[C@H](CO)[C@H](O)[C@H](O)[C@H]2NC(C)=O)(COCCC(=O)NCCOCCOCCO[C@@H]2O[C@H](CO)[C@H](O)[C@H](O)[C@H]2NC(C)=O)NC(=O)CNC(=O)CCSC2=CC(=O)C(SCCC(=O)O)=CC2=O)O[C@H](CO)[C@H](O)[C@@H]1O. The standard InChI is InChI=1S/C69H114N8O36S2/c1-41(81)74-57-63(96)60(93)46(35-78)111-66(57)108-27-24-102-21-18-99-15-9-70-51(86)4-12-105-38-69(77-55(90)34-73-54(89)7-30-114-49-32-45(85)50(33-44(49)84)115-31-8-56(91)92,39-106-13-5-52(87)71-10-16-100-19-22-103-25-28-109-67-58(75-42(2)82)64(97)61(94)47(36-79)112-67)40-107-14-6-53(88)72-11-17-101-20-23-104-26-29-110-68-59(76-43(3)83)65(98)62(95)48(37-80)113-68/h32-33,46-48,57-68,78-80,93-98H,4-31,34-40H2,1-3H3,(H,70,86)(H,71,87)(H,72,88)(H,73,89)(H,74,81)(H,75,82)(H,76,83)(H,77,90)(H,91,92)/t46-,47-,48-,57-,58-,59-,60+,61+,62+,63-,64-,65-,66-,67-,68?/m1/s1. The normalized spacial score (nSPS) is 24.3. The lowest BCUT2D eigenvalue weighted by molar-refractivity contribution is -0.272. The molecule has 0 aromatic heterocycles. The number of nitrogens with one attached hydrogen (secondary N) is 8. The molecule has 115 heavy (non-hydrogen) atoms. The van der Waals surface area contributed by atoms with E-state index < -0.39 is 208 Å². The van der Waals surface area contributed by atoms with Crippen molar-refractivity contribution in [1.29, 1.82) is 0 Å². The number of ether oxygens (including phenoxy) is 15. The van der Waals surface area contributed by atoms with Crippen LogP contribution in [0.5, 0.6) is 0 Å². The van der Waals surface area contributed by atoms with Gasteiger partial charge in [0, 0.05) is 89.7 Å². The van der Waals surface area contributed by atoms with E-state index in [0.29, 0.717) is 0 Å². The van der Waals surface area contributed by atoms with Crippen molar-refractivity contribution >= 4 is 88.3 Å². The fourth-order valence-corrected chi connectivity index (χ4v) is 12.7. The number of aliphatic hydroxyl groups is 9. The quantitative estimate of drug-likeness (QED) is 0.0199. The molecule has 3 heterocycles. The van der Waals surface area contributed by atoms with Crippen molar-refractivity contribution in [2.75, 3.05) is 196 Å². The van der Waals surface area contributed by atoms with Crippen molar-refractivity contribution in [3.63, 3.8) is 0 Å². The molecule has 3 fully saturated rings. The Hall–Kier alpha value is -6.21. The lowest BCUT2D eigenvalue weighted by atomic mass is 9.97. The van der Waals surface area contributed by atoms with Gasteiger partial charge in [-0.05, 0) is 0 Å². The zero-order valence-corrected chi connectivity index (χ0v) is 66.1. The van der Waals surface area contributed by atoms with Crippen LogP contribution in [-0.2, 0) is 124 Å². The number of aliphatic carboxylic acids is 1.